The molecule has 1 fully saturated rings. The second kappa shape index (κ2) is 11.0. The predicted molar refractivity (Wildman–Crippen MR) is 143 cm³/mol. The molecule has 38 heavy (non-hydrogen) atoms. The number of carboxylic acids is 1. The summed E-state index contributed by atoms with van der Waals surface area (Å²) in [5, 5.41) is 22.3. The third-order valence-electron chi connectivity index (χ3n) is 7.93. The summed E-state index contributed by atoms with van der Waals surface area (Å²) >= 11 is 0. The number of benzene rings is 1. The molecule has 2 aliphatic rings. The zero-order valence-electron chi connectivity index (χ0n) is 22.8. The number of carboxylic acid groups (broad SMARTS) is 1. The Labute approximate surface area is 224 Å². The number of likely N-dealkylation sites (tertiary alicyclic amines) is 1. The van der Waals surface area contributed by atoms with Crippen LogP contribution < -0.4 is 5.32 Å². The Morgan fingerprint density at radius 1 is 1.29 bits per heavy atom. The number of amides is 2. The number of ether oxygens (including phenoxy) is 1. The molecule has 0 saturated carbocycles. The molecule has 1 aliphatic heterocycles. The normalized spacial score (nSPS) is 23.1. The number of nitrogens with zero attached hydrogens (tertiary/aromatic N) is 1. The van der Waals surface area contributed by atoms with E-state index in [1.165, 1.54) is 6.08 Å². The van der Waals surface area contributed by atoms with Crippen molar-refractivity contribution in [3.05, 3.63) is 42.0 Å². The number of hydrogen-bond donors (Lipinski definition) is 3. The number of aliphatic hydroxyl groups excluding tert-OH is 1. The summed E-state index contributed by atoms with van der Waals surface area (Å²) in [7, 11) is -2.28. The monoisotopic (exact) mass is 546 g/mol. The van der Waals surface area contributed by atoms with Crippen molar-refractivity contribution in [2.45, 2.75) is 77.0 Å². The van der Waals surface area contributed by atoms with Gasteiger partial charge in [0.15, 0.2) is 14.1 Å². The van der Waals surface area contributed by atoms with Gasteiger partial charge in [-0.2, -0.15) is 0 Å². The maximum Gasteiger partial charge on any atom is 0.411 e. The lowest BCUT2D eigenvalue weighted by Crippen LogP contribution is -2.72. The maximum absolute atomic E-state index is 13.7. The lowest BCUT2D eigenvalue weighted by Gasteiger charge is -2.54. The van der Waals surface area contributed by atoms with Gasteiger partial charge in [-0.15, -0.1) is 0 Å². The minimum absolute atomic E-state index is 0.0640. The van der Waals surface area contributed by atoms with Gasteiger partial charge in [0, 0.05) is 17.2 Å². The highest BCUT2D eigenvalue weighted by molar-refractivity contribution is 6.74. The molecule has 3 N–H and O–H groups in total. The molecule has 1 aliphatic carbocycles. The van der Waals surface area contributed by atoms with Gasteiger partial charge in [-0.3, -0.25) is 14.9 Å². The minimum atomic E-state index is -2.28. The number of aliphatic hydroxyl groups is 1. The predicted octanol–water partition coefficient (Wildman–Crippen LogP) is 3.81. The number of aliphatic carboxylic acids is 1. The summed E-state index contributed by atoms with van der Waals surface area (Å²) < 4.78 is 11.4. The van der Waals surface area contributed by atoms with Crippen molar-refractivity contribution >= 4 is 37.8 Å². The Balaban J connectivity index is 1.88. The van der Waals surface area contributed by atoms with Crippen LogP contribution in [0.2, 0.25) is 18.1 Å². The van der Waals surface area contributed by atoms with Crippen LogP contribution >= 0.6 is 0 Å². The first kappa shape index (κ1) is 29.5. The van der Waals surface area contributed by atoms with Crippen LogP contribution in [0, 0.1) is 11.8 Å². The number of aryl methyl sites for hydroxylation is 1. The highest BCUT2D eigenvalue weighted by Gasteiger charge is 2.59. The lowest BCUT2D eigenvalue weighted by atomic mass is 9.68. The van der Waals surface area contributed by atoms with Crippen LogP contribution in [0.4, 0.5) is 10.5 Å². The SMILES string of the molecule is C=CCOC(=O)Nc1ccc2c(c1)CCC([C@@H]1[C@@H]([C@@H](C)O[Si](C)(C)C(C)(C)C)C(=O)N1C(O)C(=O)O)C2=O. The Kier molecular flexibility index (Phi) is 8.54. The van der Waals surface area contributed by atoms with E-state index in [0.29, 0.717) is 24.1 Å². The van der Waals surface area contributed by atoms with E-state index in [0.717, 1.165) is 10.5 Å². The van der Waals surface area contributed by atoms with Gasteiger partial charge in [-0.05, 0) is 61.7 Å². The molecule has 0 bridgehead atoms. The number of carbonyl (C=O) groups excluding carboxylic acids is 3. The van der Waals surface area contributed by atoms with E-state index in [-0.39, 0.29) is 17.4 Å². The van der Waals surface area contributed by atoms with E-state index in [2.05, 4.69) is 45.8 Å². The quantitative estimate of drug-likeness (QED) is 0.241. The summed E-state index contributed by atoms with van der Waals surface area (Å²) in [6, 6.07) is 4.08. The zero-order valence-corrected chi connectivity index (χ0v) is 23.8. The van der Waals surface area contributed by atoms with Gasteiger partial charge in [0.1, 0.15) is 6.61 Å². The number of ketones is 1. The molecule has 0 spiro atoms. The summed E-state index contributed by atoms with van der Waals surface area (Å²) in [6.07, 6.45) is -0.990. The van der Waals surface area contributed by atoms with Gasteiger partial charge in [0.05, 0.1) is 18.1 Å². The first-order valence-electron chi connectivity index (χ1n) is 12.7. The molecule has 0 aromatic heterocycles. The fourth-order valence-corrected chi connectivity index (χ4v) is 6.40. The number of anilines is 1. The third kappa shape index (κ3) is 5.69. The first-order chi connectivity index (χ1) is 17.6. The molecular formula is C27H38N2O8Si. The number of hydrogen-bond acceptors (Lipinski definition) is 7. The number of nitrogens with one attached hydrogen (secondary N) is 1. The van der Waals surface area contributed by atoms with Crippen LogP contribution in [-0.4, -0.2) is 72.2 Å². The standard InChI is InChI=1S/C27H38N2O8Si/c1-8-13-36-26(35)28-17-10-12-18-16(14-17)9-11-19(22(18)30)21-20(23(31)29(21)24(32)25(33)34)15(2)37-38(6,7)27(3,4)5/h8,10,12,14-15,19-21,24,32H,1,9,11,13H2,2-7H3,(H,28,35)(H,33,34)/t15-,19?,20-,21-,24?/m1/s1. The molecular weight excluding hydrogens is 508 g/mol. The van der Waals surface area contributed by atoms with Crippen LogP contribution in [0.1, 0.15) is 50.0 Å². The number of rotatable bonds is 9. The average molecular weight is 547 g/mol. The van der Waals surface area contributed by atoms with Gasteiger partial charge < -0.3 is 24.3 Å². The molecule has 11 heteroatoms. The molecule has 1 aromatic carbocycles. The van der Waals surface area contributed by atoms with Crippen LogP contribution in [0.15, 0.2) is 30.9 Å². The van der Waals surface area contributed by atoms with Crippen molar-refractivity contribution in [1.29, 1.82) is 0 Å². The van der Waals surface area contributed by atoms with E-state index in [9.17, 15) is 29.4 Å². The Morgan fingerprint density at radius 2 is 1.95 bits per heavy atom. The summed E-state index contributed by atoms with van der Waals surface area (Å²) in [4.78, 5) is 51.2. The third-order valence-corrected chi connectivity index (χ3v) is 12.5. The number of Topliss-reactive ketones (excluding diaryl/α,β-unsaturated/α-hetero) is 1. The van der Waals surface area contributed by atoms with Gasteiger partial charge in [-0.25, -0.2) is 9.59 Å². The molecule has 5 atom stereocenters. The molecule has 1 heterocycles. The van der Waals surface area contributed by atoms with Gasteiger partial charge in [0.2, 0.25) is 12.1 Å². The van der Waals surface area contributed by atoms with Crippen molar-refractivity contribution in [1.82, 2.24) is 4.90 Å². The van der Waals surface area contributed by atoms with E-state index < -0.39 is 56.5 Å². The lowest BCUT2D eigenvalue weighted by molar-refractivity contribution is -0.197. The van der Waals surface area contributed by atoms with Crippen LogP contribution in [0.25, 0.3) is 0 Å². The Hall–Kier alpha value is -3.02. The number of fused-ring (bicyclic) bond motifs is 1. The maximum atomic E-state index is 13.7. The van der Waals surface area contributed by atoms with E-state index in [4.69, 9.17) is 9.16 Å². The number of β-lactam (4-membered cyclic amide) rings is 1. The number of carbonyl (C=O) groups is 4. The van der Waals surface area contributed by atoms with E-state index in [1.54, 1.807) is 25.1 Å². The van der Waals surface area contributed by atoms with Gasteiger partial charge >= 0.3 is 12.1 Å². The smallest absolute Gasteiger partial charge is 0.411 e. The van der Waals surface area contributed by atoms with E-state index >= 15 is 0 Å². The van der Waals surface area contributed by atoms with Crippen molar-refractivity contribution in [3.63, 3.8) is 0 Å². The molecule has 2 unspecified atom stereocenters. The topological polar surface area (TPSA) is 142 Å². The molecule has 10 nitrogen and oxygen atoms in total. The molecule has 3 rings (SSSR count). The molecule has 1 aromatic rings. The highest BCUT2D eigenvalue weighted by atomic mass is 28.4. The van der Waals surface area contributed by atoms with E-state index in [1.807, 2.05) is 0 Å². The molecule has 2 amide bonds. The zero-order chi connectivity index (χ0) is 28.6. The van der Waals surface area contributed by atoms with Gasteiger partial charge in [0.25, 0.3) is 0 Å². The van der Waals surface area contributed by atoms with Crippen molar-refractivity contribution < 1.29 is 38.6 Å². The molecule has 1 saturated heterocycles. The molecule has 208 valence electrons. The summed E-state index contributed by atoms with van der Waals surface area (Å²) in [6.45, 7) is 15.7. The Morgan fingerprint density at radius 3 is 2.53 bits per heavy atom. The Bertz CT molecular complexity index is 1130. The summed E-state index contributed by atoms with van der Waals surface area (Å²) in [5.74, 6) is -3.79. The van der Waals surface area contributed by atoms with Crippen molar-refractivity contribution in [2.24, 2.45) is 11.8 Å². The average Bonchev–Trinajstić information content (AvgIpc) is 2.80. The second-order valence-electron chi connectivity index (χ2n) is 11.5. The van der Waals surface area contributed by atoms with Crippen molar-refractivity contribution in [2.75, 3.05) is 11.9 Å². The minimum Gasteiger partial charge on any atom is -0.478 e. The fourth-order valence-electron chi connectivity index (χ4n) is 4.97. The first-order valence-corrected chi connectivity index (χ1v) is 15.6. The van der Waals surface area contributed by atoms with Crippen LogP contribution in [0.3, 0.4) is 0 Å². The van der Waals surface area contributed by atoms with Crippen LogP contribution in [-0.2, 0) is 25.2 Å². The fraction of sp³-hybridized carbons (Fsp3) is 0.556. The largest absolute Gasteiger partial charge is 0.478 e. The van der Waals surface area contributed by atoms with Crippen molar-refractivity contribution in [3.8, 4) is 0 Å². The highest BCUT2D eigenvalue weighted by Crippen LogP contribution is 2.45. The van der Waals surface area contributed by atoms with Gasteiger partial charge in [-0.1, -0.05) is 33.4 Å². The van der Waals surface area contributed by atoms with Crippen LogP contribution in [0.5, 0.6) is 0 Å². The molecule has 0 radical (unpaired) electrons. The summed E-state index contributed by atoms with van der Waals surface area (Å²) in [5.41, 5.74) is 1.64. The second-order valence-corrected chi connectivity index (χ2v) is 16.2.